The number of allylic oxidation sites excluding steroid dienone is 1. The van der Waals surface area contributed by atoms with Crippen LogP contribution in [-0.2, 0) is 6.54 Å². The predicted molar refractivity (Wildman–Crippen MR) is 86.9 cm³/mol. The number of aliphatic hydroxyl groups excluding tert-OH is 1. The molecular formula is C18H29NO. The fourth-order valence-electron chi connectivity index (χ4n) is 2.46. The second-order valence-corrected chi connectivity index (χ2v) is 5.68. The average molecular weight is 275 g/mol. The van der Waals surface area contributed by atoms with E-state index in [0.29, 0.717) is 0 Å². The van der Waals surface area contributed by atoms with Gasteiger partial charge in [0.25, 0.3) is 0 Å². The van der Waals surface area contributed by atoms with E-state index in [1.807, 2.05) is 6.08 Å². The second kappa shape index (κ2) is 8.93. The lowest BCUT2D eigenvalue weighted by molar-refractivity contribution is 0.102. The van der Waals surface area contributed by atoms with Gasteiger partial charge in [-0.25, -0.2) is 0 Å². The van der Waals surface area contributed by atoms with Crippen molar-refractivity contribution >= 4 is 0 Å². The lowest BCUT2D eigenvalue weighted by atomic mass is 10.0. The molecule has 0 radical (unpaired) electrons. The van der Waals surface area contributed by atoms with E-state index in [4.69, 9.17) is 0 Å². The van der Waals surface area contributed by atoms with Gasteiger partial charge in [0.1, 0.15) is 0 Å². The van der Waals surface area contributed by atoms with Crippen LogP contribution in [0.2, 0.25) is 0 Å². The zero-order valence-corrected chi connectivity index (χ0v) is 13.2. The Kier molecular flexibility index (Phi) is 7.56. The van der Waals surface area contributed by atoms with Gasteiger partial charge in [-0.1, -0.05) is 36.8 Å². The third-order valence-corrected chi connectivity index (χ3v) is 3.61. The van der Waals surface area contributed by atoms with Gasteiger partial charge in [-0.2, -0.15) is 0 Å². The van der Waals surface area contributed by atoms with Crippen molar-refractivity contribution in [2.24, 2.45) is 0 Å². The first-order chi connectivity index (χ1) is 9.56. The molecule has 0 bridgehead atoms. The van der Waals surface area contributed by atoms with Crippen LogP contribution in [0.4, 0.5) is 0 Å². The standard InChI is InChI=1S/C18H29NO/c1-5-7-8-18(20)14-19(11-6-2)13-17-12-15(3)9-10-16(17)4/h5,9-10,12,18,20H,1,6-8,11,13-14H2,2-4H3. The number of hydrogen-bond donors (Lipinski definition) is 1. The Morgan fingerprint density at radius 1 is 1.35 bits per heavy atom. The van der Waals surface area contributed by atoms with E-state index < -0.39 is 0 Å². The van der Waals surface area contributed by atoms with E-state index in [-0.39, 0.29) is 6.10 Å². The van der Waals surface area contributed by atoms with Crippen molar-refractivity contribution in [1.82, 2.24) is 4.90 Å². The van der Waals surface area contributed by atoms with Gasteiger partial charge in [0, 0.05) is 13.1 Å². The first-order valence-electron chi connectivity index (χ1n) is 7.64. The van der Waals surface area contributed by atoms with Crippen molar-refractivity contribution in [3.63, 3.8) is 0 Å². The highest BCUT2D eigenvalue weighted by atomic mass is 16.3. The molecule has 0 spiro atoms. The van der Waals surface area contributed by atoms with Gasteiger partial charge < -0.3 is 5.11 Å². The van der Waals surface area contributed by atoms with Crippen molar-refractivity contribution in [2.75, 3.05) is 13.1 Å². The Hall–Kier alpha value is -1.12. The van der Waals surface area contributed by atoms with Gasteiger partial charge in [-0.05, 0) is 50.8 Å². The van der Waals surface area contributed by atoms with E-state index in [9.17, 15) is 5.11 Å². The largest absolute Gasteiger partial charge is 0.392 e. The maximum absolute atomic E-state index is 10.1. The predicted octanol–water partition coefficient (Wildman–Crippen LogP) is 3.84. The van der Waals surface area contributed by atoms with Crippen LogP contribution in [0.15, 0.2) is 30.9 Å². The summed E-state index contributed by atoms with van der Waals surface area (Å²) in [4.78, 5) is 2.36. The normalized spacial score (nSPS) is 12.7. The summed E-state index contributed by atoms with van der Waals surface area (Å²) < 4.78 is 0. The second-order valence-electron chi connectivity index (χ2n) is 5.68. The summed E-state index contributed by atoms with van der Waals surface area (Å²) in [6.07, 6.45) is 4.41. The van der Waals surface area contributed by atoms with Crippen LogP contribution in [-0.4, -0.2) is 29.2 Å². The molecule has 1 aromatic carbocycles. The minimum atomic E-state index is -0.260. The molecule has 1 unspecified atom stereocenters. The summed E-state index contributed by atoms with van der Waals surface area (Å²) in [5, 5.41) is 10.1. The van der Waals surface area contributed by atoms with Gasteiger partial charge >= 0.3 is 0 Å². The SMILES string of the molecule is C=CCCC(O)CN(CCC)Cc1cc(C)ccc1C. The fraction of sp³-hybridized carbons (Fsp3) is 0.556. The van der Waals surface area contributed by atoms with E-state index >= 15 is 0 Å². The third kappa shape index (κ3) is 5.89. The molecule has 2 heteroatoms. The lowest BCUT2D eigenvalue weighted by Gasteiger charge is -2.25. The van der Waals surface area contributed by atoms with Crippen LogP contribution < -0.4 is 0 Å². The average Bonchev–Trinajstić information content (AvgIpc) is 2.41. The maximum atomic E-state index is 10.1. The summed E-state index contributed by atoms with van der Waals surface area (Å²) in [6, 6.07) is 6.60. The van der Waals surface area contributed by atoms with Crippen LogP contribution in [0.25, 0.3) is 0 Å². The molecule has 1 atom stereocenters. The molecule has 20 heavy (non-hydrogen) atoms. The number of nitrogens with zero attached hydrogens (tertiary/aromatic N) is 1. The smallest absolute Gasteiger partial charge is 0.0670 e. The first kappa shape index (κ1) is 16.9. The zero-order chi connectivity index (χ0) is 15.0. The minimum absolute atomic E-state index is 0.260. The fourth-order valence-corrected chi connectivity index (χ4v) is 2.46. The van der Waals surface area contributed by atoms with Gasteiger partial charge in [0.05, 0.1) is 6.10 Å². The topological polar surface area (TPSA) is 23.5 Å². The molecule has 0 amide bonds. The van der Waals surface area contributed by atoms with Crippen LogP contribution >= 0.6 is 0 Å². The van der Waals surface area contributed by atoms with Gasteiger partial charge in [-0.15, -0.1) is 6.58 Å². The molecule has 0 aromatic heterocycles. The molecule has 1 aromatic rings. The summed E-state index contributed by atoms with van der Waals surface area (Å²) in [5.74, 6) is 0. The maximum Gasteiger partial charge on any atom is 0.0670 e. The molecule has 1 N–H and O–H groups in total. The number of hydrogen-bond acceptors (Lipinski definition) is 2. The minimum Gasteiger partial charge on any atom is -0.392 e. The molecule has 0 aliphatic carbocycles. The quantitative estimate of drug-likeness (QED) is 0.692. The molecule has 2 nitrogen and oxygen atoms in total. The summed E-state index contributed by atoms with van der Waals surface area (Å²) in [7, 11) is 0. The summed E-state index contributed by atoms with van der Waals surface area (Å²) in [5.41, 5.74) is 4.00. The monoisotopic (exact) mass is 275 g/mol. The van der Waals surface area contributed by atoms with Gasteiger partial charge in [0.15, 0.2) is 0 Å². The Morgan fingerprint density at radius 3 is 2.75 bits per heavy atom. The van der Waals surface area contributed by atoms with Crippen LogP contribution in [0.3, 0.4) is 0 Å². The van der Waals surface area contributed by atoms with Crippen molar-refractivity contribution in [2.45, 2.75) is 52.7 Å². The van der Waals surface area contributed by atoms with Crippen molar-refractivity contribution in [3.05, 3.63) is 47.5 Å². The molecular weight excluding hydrogens is 246 g/mol. The van der Waals surface area contributed by atoms with E-state index in [1.165, 1.54) is 16.7 Å². The molecule has 0 aliphatic heterocycles. The Bertz CT molecular complexity index is 414. The van der Waals surface area contributed by atoms with E-state index in [2.05, 4.69) is 50.4 Å². The Morgan fingerprint density at radius 2 is 2.10 bits per heavy atom. The number of benzene rings is 1. The van der Waals surface area contributed by atoms with Crippen LogP contribution in [0, 0.1) is 13.8 Å². The van der Waals surface area contributed by atoms with Crippen molar-refractivity contribution in [1.29, 1.82) is 0 Å². The number of rotatable bonds is 9. The van der Waals surface area contributed by atoms with Crippen LogP contribution in [0.1, 0.15) is 42.9 Å². The van der Waals surface area contributed by atoms with Gasteiger partial charge in [0.2, 0.25) is 0 Å². The lowest BCUT2D eigenvalue weighted by Crippen LogP contribution is -2.33. The number of aryl methyl sites for hydroxylation is 2. The van der Waals surface area contributed by atoms with E-state index in [1.54, 1.807) is 0 Å². The molecule has 0 saturated heterocycles. The zero-order valence-electron chi connectivity index (χ0n) is 13.2. The molecule has 1 rings (SSSR count). The summed E-state index contributed by atoms with van der Waals surface area (Å²) >= 11 is 0. The highest BCUT2D eigenvalue weighted by Crippen LogP contribution is 2.14. The Balaban J connectivity index is 2.66. The van der Waals surface area contributed by atoms with Gasteiger partial charge in [-0.3, -0.25) is 4.90 Å². The molecule has 0 heterocycles. The number of aliphatic hydroxyl groups is 1. The van der Waals surface area contributed by atoms with Crippen molar-refractivity contribution < 1.29 is 5.11 Å². The highest BCUT2D eigenvalue weighted by Gasteiger charge is 2.12. The molecule has 0 fully saturated rings. The van der Waals surface area contributed by atoms with Crippen LogP contribution in [0.5, 0.6) is 0 Å². The molecule has 112 valence electrons. The summed E-state index contributed by atoms with van der Waals surface area (Å²) in [6.45, 7) is 12.9. The highest BCUT2D eigenvalue weighted by molar-refractivity contribution is 5.30. The Labute approximate surface area is 124 Å². The van der Waals surface area contributed by atoms with E-state index in [0.717, 1.165) is 38.9 Å². The van der Waals surface area contributed by atoms with Crippen molar-refractivity contribution in [3.8, 4) is 0 Å². The molecule has 0 aliphatic rings. The third-order valence-electron chi connectivity index (χ3n) is 3.61. The molecule has 0 saturated carbocycles. The first-order valence-corrected chi connectivity index (χ1v) is 7.64.